The number of nitrogens with two attached hydrogens (primary N) is 2. The van der Waals surface area contributed by atoms with Gasteiger partial charge >= 0.3 is 0 Å². The van der Waals surface area contributed by atoms with Crippen molar-refractivity contribution in [3.05, 3.63) is 45.8 Å². The van der Waals surface area contributed by atoms with Crippen LogP contribution in [-0.4, -0.2) is 11.8 Å². The lowest BCUT2D eigenvalue weighted by Gasteiger charge is -2.06. The van der Waals surface area contributed by atoms with Gasteiger partial charge in [-0.25, -0.2) is 0 Å². The first-order chi connectivity index (χ1) is 8.97. The van der Waals surface area contributed by atoms with E-state index in [1.165, 1.54) is 29.5 Å². The summed E-state index contributed by atoms with van der Waals surface area (Å²) in [4.78, 5) is 23.2. The molecule has 7 heteroatoms. The highest BCUT2D eigenvalue weighted by atomic mass is 35.5. The number of nitrogen functional groups attached to an aromatic ring is 1. The maximum absolute atomic E-state index is 12.0. The van der Waals surface area contributed by atoms with Crippen molar-refractivity contribution in [2.24, 2.45) is 5.73 Å². The quantitative estimate of drug-likeness (QED) is 0.758. The van der Waals surface area contributed by atoms with E-state index in [2.05, 4.69) is 5.32 Å². The summed E-state index contributed by atoms with van der Waals surface area (Å²) in [6.07, 6.45) is 0. The summed E-state index contributed by atoms with van der Waals surface area (Å²) >= 11 is 7.04. The lowest BCUT2D eigenvalue weighted by Crippen LogP contribution is -2.16. The van der Waals surface area contributed by atoms with Gasteiger partial charge in [0.05, 0.1) is 5.56 Å². The molecule has 0 aliphatic rings. The van der Waals surface area contributed by atoms with Crippen LogP contribution in [0.15, 0.2) is 29.6 Å². The van der Waals surface area contributed by atoms with E-state index >= 15 is 0 Å². The van der Waals surface area contributed by atoms with Crippen molar-refractivity contribution in [3.63, 3.8) is 0 Å². The Morgan fingerprint density at radius 2 is 2.00 bits per heavy atom. The summed E-state index contributed by atoms with van der Waals surface area (Å²) in [7, 11) is 0. The van der Waals surface area contributed by atoms with Crippen LogP contribution in [0.25, 0.3) is 0 Å². The number of hydrogen-bond donors (Lipinski definition) is 3. The van der Waals surface area contributed by atoms with Crippen LogP contribution in [0.1, 0.15) is 20.7 Å². The lowest BCUT2D eigenvalue weighted by molar-refractivity contribution is 0.100. The minimum absolute atomic E-state index is 0.272. The Balaban J connectivity index is 2.25. The molecule has 0 saturated heterocycles. The number of hydrogen-bond acceptors (Lipinski definition) is 4. The second-order valence-corrected chi connectivity index (χ2v) is 5.11. The third-order valence-corrected chi connectivity index (χ3v) is 3.39. The molecule has 5 nitrogen and oxygen atoms in total. The second kappa shape index (κ2) is 5.29. The first kappa shape index (κ1) is 13.4. The molecule has 98 valence electrons. The molecule has 2 amide bonds. The van der Waals surface area contributed by atoms with E-state index in [0.29, 0.717) is 21.3 Å². The smallest absolute Gasteiger partial charge is 0.256 e. The number of nitrogens with one attached hydrogen (secondary N) is 1. The number of halogens is 1. The SMILES string of the molecule is NC(=O)c1ccsc1NC(=O)c1cc(N)cc(Cl)c1. The van der Waals surface area contributed by atoms with Gasteiger partial charge in [0.15, 0.2) is 0 Å². The number of primary amides is 1. The van der Waals surface area contributed by atoms with Crippen LogP contribution in [-0.2, 0) is 0 Å². The molecule has 0 saturated carbocycles. The zero-order valence-corrected chi connectivity index (χ0v) is 11.2. The molecular weight excluding hydrogens is 286 g/mol. The van der Waals surface area contributed by atoms with Crippen molar-refractivity contribution in [2.45, 2.75) is 0 Å². The molecule has 0 fully saturated rings. The molecule has 0 aliphatic heterocycles. The number of carbonyl (C=O) groups is 2. The molecule has 0 radical (unpaired) electrons. The summed E-state index contributed by atoms with van der Waals surface area (Å²) in [5.41, 5.74) is 11.8. The van der Waals surface area contributed by atoms with Crippen LogP contribution in [0.4, 0.5) is 10.7 Å². The summed E-state index contributed by atoms with van der Waals surface area (Å²) in [5.74, 6) is -0.999. The molecule has 2 aromatic rings. The molecule has 1 heterocycles. The molecule has 0 bridgehead atoms. The molecule has 0 spiro atoms. The summed E-state index contributed by atoms with van der Waals surface area (Å²) < 4.78 is 0. The fraction of sp³-hybridized carbons (Fsp3) is 0. The minimum Gasteiger partial charge on any atom is -0.399 e. The van der Waals surface area contributed by atoms with Gasteiger partial charge in [0.2, 0.25) is 0 Å². The molecule has 5 N–H and O–H groups in total. The summed E-state index contributed by atoms with van der Waals surface area (Å²) in [6.45, 7) is 0. The van der Waals surface area contributed by atoms with Crippen LogP contribution in [0.5, 0.6) is 0 Å². The summed E-state index contributed by atoms with van der Waals surface area (Å²) in [6, 6.07) is 6.08. The number of amides is 2. The van der Waals surface area contributed by atoms with Crippen LogP contribution in [0.3, 0.4) is 0 Å². The Bertz CT molecular complexity index is 634. The van der Waals surface area contributed by atoms with E-state index in [1.54, 1.807) is 11.4 Å². The molecule has 0 unspecified atom stereocenters. The Kier molecular flexibility index (Phi) is 3.73. The second-order valence-electron chi connectivity index (χ2n) is 3.76. The number of thiophene rings is 1. The maximum atomic E-state index is 12.0. The number of benzene rings is 1. The van der Waals surface area contributed by atoms with Gasteiger partial charge in [0, 0.05) is 16.3 Å². The first-order valence-corrected chi connectivity index (χ1v) is 6.48. The van der Waals surface area contributed by atoms with E-state index in [4.69, 9.17) is 23.1 Å². The molecule has 2 rings (SSSR count). The number of rotatable bonds is 3. The Morgan fingerprint density at radius 3 is 2.63 bits per heavy atom. The monoisotopic (exact) mass is 295 g/mol. The van der Waals surface area contributed by atoms with Crippen molar-refractivity contribution in [1.29, 1.82) is 0 Å². The highest BCUT2D eigenvalue weighted by Crippen LogP contribution is 2.24. The first-order valence-electron chi connectivity index (χ1n) is 5.22. The molecule has 0 atom stereocenters. The predicted molar refractivity (Wildman–Crippen MR) is 76.7 cm³/mol. The Hall–Kier alpha value is -2.05. The average molecular weight is 296 g/mol. The number of carbonyl (C=O) groups excluding carboxylic acids is 2. The lowest BCUT2D eigenvalue weighted by atomic mass is 10.2. The van der Waals surface area contributed by atoms with Crippen LogP contribution in [0.2, 0.25) is 5.02 Å². The van der Waals surface area contributed by atoms with Crippen LogP contribution < -0.4 is 16.8 Å². The Labute approximate surface area is 118 Å². The average Bonchev–Trinajstić information content (AvgIpc) is 2.75. The minimum atomic E-state index is -0.595. The Morgan fingerprint density at radius 1 is 1.26 bits per heavy atom. The fourth-order valence-electron chi connectivity index (χ4n) is 1.52. The zero-order chi connectivity index (χ0) is 14.0. The van der Waals surface area contributed by atoms with Crippen LogP contribution in [0, 0.1) is 0 Å². The van der Waals surface area contributed by atoms with E-state index in [9.17, 15) is 9.59 Å². The van der Waals surface area contributed by atoms with Gasteiger partial charge in [-0.2, -0.15) is 0 Å². The van der Waals surface area contributed by atoms with Crippen LogP contribution >= 0.6 is 22.9 Å². The largest absolute Gasteiger partial charge is 0.399 e. The highest BCUT2D eigenvalue weighted by molar-refractivity contribution is 7.14. The van der Waals surface area contributed by atoms with E-state index in [0.717, 1.165) is 0 Å². The topological polar surface area (TPSA) is 98.2 Å². The van der Waals surface area contributed by atoms with Gasteiger partial charge in [-0.15, -0.1) is 11.3 Å². The maximum Gasteiger partial charge on any atom is 0.256 e. The standard InChI is InChI=1S/C12H10ClN3O2S/c13-7-3-6(4-8(14)5-7)11(18)16-12-9(10(15)17)1-2-19-12/h1-5H,14H2,(H2,15,17)(H,16,18). The molecule has 0 aliphatic carbocycles. The third-order valence-electron chi connectivity index (χ3n) is 2.34. The van der Waals surface area contributed by atoms with Gasteiger partial charge in [-0.1, -0.05) is 11.6 Å². The molecule has 1 aromatic carbocycles. The van der Waals surface area contributed by atoms with Gasteiger partial charge in [0.1, 0.15) is 5.00 Å². The third kappa shape index (κ3) is 3.04. The normalized spacial score (nSPS) is 10.2. The fourth-order valence-corrected chi connectivity index (χ4v) is 2.55. The number of anilines is 2. The molecular formula is C12H10ClN3O2S. The van der Waals surface area contributed by atoms with E-state index < -0.39 is 11.8 Å². The van der Waals surface area contributed by atoms with Gasteiger partial charge in [-0.05, 0) is 29.6 Å². The highest BCUT2D eigenvalue weighted by Gasteiger charge is 2.14. The van der Waals surface area contributed by atoms with Gasteiger partial charge in [-0.3, -0.25) is 9.59 Å². The predicted octanol–water partition coefficient (Wildman–Crippen LogP) is 2.33. The van der Waals surface area contributed by atoms with Gasteiger partial charge in [0.25, 0.3) is 11.8 Å². The van der Waals surface area contributed by atoms with Crippen molar-refractivity contribution in [2.75, 3.05) is 11.1 Å². The summed E-state index contributed by atoms with van der Waals surface area (Å²) in [5, 5.41) is 5.04. The van der Waals surface area contributed by atoms with E-state index in [1.807, 2.05) is 0 Å². The molecule has 19 heavy (non-hydrogen) atoms. The van der Waals surface area contributed by atoms with Gasteiger partial charge < -0.3 is 16.8 Å². The van der Waals surface area contributed by atoms with Crippen molar-refractivity contribution >= 4 is 45.4 Å². The van der Waals surface area contributed by atoms with Crippen molar-refractivity contribution in [3.8, 4) is 0 Å². The zero-order valence-electron chi connectivity index (χ0n) is 9.64. The van der Waals surface area contributed by atoms with Crippen molar-refractivity contribution in [1.82, 2.24) is 0 Å². The molecule has 1 aromatic heterocycles. The van der Waals surface area contributed by atoms with Crippen molar-refractivity contribution < 1.29 is 9.59 Å². The van der Waals surface area contributed by atoms with E-state index in [-0.39, 0.29) is 5.56 Å².